The predicted octanol–water partition coefficient (Wildman–Crippen LogP) is 3.16. The van der Waals surface area contributed by atoms with Gasteiger partial charge in [-0.05, 0) is 36.6 Å². The number of nitrogens with one attached hydrogen (secondary N) is 1. The van der Waals surface area contributed by atoms with E-state index in [1.54, 1.807) is 7.11 Å². The van der Waals surface area contributed by atoms with Crippen molar-refractivity contribution in [3.8, 4) is 5.75 Å². The number of aromatic nitrogens is 3. The quantitative estimate of drug-likeness (QED) is 0.591. The molecule has 0 spiro atoms. The number of fused-ring (bicyclic) bond motifs is 1. The lowest BCUT2D eigenvalue weighted by Gasteiger charge is -2.20. The Morgan fingerprint density at radius 2 is 1.81 bits per heavy atom. The monoisotopic (exact) mass is 433 g/mol. The number of benzene rings is 2. The molecule has 2 aromatic carbocycles. The molecule has 1 aliphatic heterocycles. The molecular weight excluding hydrogens is 402 g/mol. The summed E-state index contributed by atoms with van der Waals surface area (Å²) in [5.74, 6) is 2.73. The molecule has 3 aromatic rings. The highest BCUT2D eigenvalue weighted by Gasteiger charge is 2.22. The summed E-state index contributed by atoms with van der Waals surface area (Å²) in [6.07, 6.45) is 2.04. The van der Waals surface area contributed by atoms with Crippen molar-refractivity contribution >= 4 is 5.91 Å². The number of nitrogens with zero attached hydrogens (tertiary/aromatic N) is 4. The fourth-order valence-electron chi connectivity index (χ4n) is 4.14. The Bertz CT molecular complexity index is 1020. The van der Waals surface area contributed by atoms with E-state index in [9.17, 15) is 4.79 Å². The Hall–Kier alpha value is -3.19. The van der Waals surface area contributed by atoms with Crippen molar-refractivity contribution < 1.29 is 9.53 Å². The lowest BCUT2D eigenvalue weighted by atomic mass is 10.1. The normalized spacial score (nSPS) is 14.9. The van der Waals surface area contributed by atoms with E-state index in [4.69, 9.17) is 4.74 Å². The number of ether oxygens (including phenoxy) is 1. The fourth-order valence-corrected chi connectivity index (χ4v) is 4.14. The standard InChI is InChI=1S/C25H31N5O2/c1-19(26-24(31)13-10-20-6-4-3-5-7-20)25-28-27-23-14-15-29(16-17-30(23)25)18-21-8-11-22(32-2)12-9-21/h3-9,11-12,19H,10,13-18H2,1-2H3,(H,26,31)/t19-/m0/s1. The third kappa shape index (κ3) is 5.53. The van der Waals surface area contributed by atoms with Crippen molar-refractivity contribution in [2.75, 3.05) is 20.2 Å². The second kappa shape index (κ2) is 10.4. The maximum atomic E-state index is 12.5. The number of aryl methyl sites for hydroxylation is 1. The van der Waals surface area contributed by atoms with Gasteiger partial charge in [0.05, 0.1) is 13.2 Å². The van der Waals surface area contributed by atoms with Gasteiger partial charge < -0.3 is 14.6 Å². The van der Waals surface area contributed by atoms with Crippen LogP contribution in [0.25, 0.3) is 0 Å². The maximum Gasteiger partial charge on any atom is 0.220 e. The van der Waals surface area contributed by atoms with Crippen molar-refractivity contribution in [2.45, 2.75) is 45.3 Å². The van der Waals surface area contributed by atoms with Gasteiger partial charge in [-0.1, -0.05) is 42.5 Å². The predicted molar refractivity (Wildman–Crippen MR) is 123 cm³/mol. The molecule has 7 nitrogen and oxygen atoms in total. The molecule has 1 aromatic heterocycles. The van der Waals surface area contributed by atoms with Crippen molar-refractivity contribution in [3.63, 3.8) is 0 Å². The highest BCUT2D eigenvalue weighted by molar-refractivity contribution is 5.76. The van der Waals surface area contributed by atoms with Crippen LogP contribution in [0.15, 0.2) is 54.6 Å². The molecule has 2 heterocycles. The van der Waals surface area contributed by atoms with Crippen LogP contribution in [0.5, 0.6) is 5.75 Å². The number of methoxy groups -OCH3 is 1. The third-order valence-corrected chi connectivity index (χ3v) is 5.96. The van der Waals surface area contributed by atoms with E-state index in [1.807, 2.05) is 49.4 Å². The Morgan fingerprint density at radius 3 is 2.56 bits per heavy atom. The highest BCUT2D eigenvalue weighted by Crippen LogP contribution is 2.18. The molecule has 4 rings (SSSR count). The smallest absolute Gasteiger partial charge is 0.220 e. The van der Waals surface area contributed by atoms with Gasteiger partial charge in [0.1, 0.15) is 11.6 Å². The number of hydrogen-bond donors (Lipinski definition) is 1. The van der Waals surface area contributed by atoms with E-state index >= 15 is 0 Å². The Morgan fingerprint density at radius 1 is 1.03 bits per heavy atom. The molecule has 0 radical (unpaired) electrons. The fraction of sp³-hybridized carbons (Fsp3) is 0.400. The summed E-state index contributed by atoms with van der Waals surface area (Å²) in [5, 5.41) is 11.9. The van der Waals surface area contributed by atoms with E-state index in [2.05, 4.69) is 37.1 Å². The average Bonchev–Trinajstić information content (AvgIpc) is 3.13. The summed E-state index contributed by atoms with van der Waals surface area (Å²) >= 11 is 0. The summed E-state index contributed by atoms with van der Waals surface area (Å²) in [6.45, 7) is 5.54. The second-order valence-corrected chi connectivity index (χ2v) is 8.28. The topological polar surface area (TPSA) is 72.3 Å². The third-order valence-electron chi connectivity index (χ3n) is 5.96. The first-order chi connectivity index (χ1) is 15.6. The van der Waals surface area contributed by atoms with E-state index in [1.165, 1.54) is 11.1 Å². The number of rotatable bonds is 8. The van der Waals surface area contributed by atoms with Gasteiger partial charge in [-0.2, -0.15) is 0 Å². The van der Waals surface area contributed by atoms with Gasteiger partial charge in [-0.3, -0.25) is 9.69 Å². The number of hydrogen-bond acceptors (Lipinski definition) is 5. The first-order valence-electron chi connectivity index (χ1n) is 11.2. The van der Waals surface area contributed by atoms with Crippen molar-refractivity contribution in [3.05, 3.63) is 77.4 Å². The van der Waals surface area contributed by atoms with Gasteiger partial charge in [0.25, 0.3) is 0 Å². The van der Waals surface area contributed by atoms with Gasteiger partial charge >= 0.3 is 0 Å². The zero-order valence-corrected chi connectivity index (χ0v) is 18.8. The van der Waals surface area contributed by atoms with Crippen LogP contribution in [0.1, 0.15) is 42.2 Å². The van der Waals surface area contributed by atoms with Crippen molar-refractivity contribution in [2.24, 2.45) is 0 Å². The molecule has 1 atom stereocenters. The molecule has 0 aliphatic carbocycles. The van der Waals surface area contributed by atoms with E-state index in [-0.39, 0.29) is 11.9 Å². The Balaban J connectivity index is 1.32. The Labute approximate surface area is 189 Å². The minimum atomic E-state index is -0.173. The highest BCUT2D eigenvalue weighted by atomic mass is 16.5. The van der Waals surface area contributed by atoms with Gasteiger partial charge in [0, 0.05) is 39.0 Å². The summed E-state index contributed by atoms with van der Waals surface area (Å²) < 4.78 is 7.43. The summed E-state index contributed by atoms with van der Waals surface area (Å²) in [5.41, 5.74) is 2.44. The molecular formula is C25H31N5O2. The van der Waals surface area contributed by atoms with E-state index < -0.39 is 0 Å². The summed E-state index contributed by atoms with van der Waals surface area (Å²) in [7, 11) is 1.68. The molecule has 0 bridgehead atoms. The van der Waals surface area contributed by atoms with Gasteiger partial charge in [-0.15, -0.1) is 10.2 Å². The molecule has 0 saturated carbocycles. The van der Waals surface area contributed by atoms with Crippen LogP contribution in [0, 0.1) is 0 Å². The van der Waals surface area contributed by atoms with Gasteiger partial charge in [-0.25, -0.2) is 0 Å². The lowest BCUT2D eigenvalue weighted by molar-refractivity contribution is -0.121. The zero-order valence-electron chi connectivity index (χ0n) is 18.8. The van der Waals surface area contributed by atoms with Crippen molar-refractivity contribution in [1.82, 2.24) is 25.0 Å². The molecule has 1 N–H and O–H groups in total. The molecule has 32 heavy (non-hydrogen) atoms. The van der Waals surface area contributed by atoms with Crippen LogP contribution in [-0.4, -0.2) is 45.8 Å². The van der Waals surface area contributed by atoms with Crippen LogP contribution >= 0.6 is 0 Å². The lowest BCUT2D eigenvalue weighted by Crippen LogP contribution is -2.30. The second-order valence-electron chi connectivity index (χ2n) is 8.28. The van der Waals surface area contributed by atoms with E-state index in [0.29, 0.717) is 6.42 Å². The molecule has 1 amide bonds. The van der Waals surface area contributed by atoms with Gasteiger partial charge in [0.15, 0.2) is 5.82 Å². The number of carbonyl (C=O) groups excluding carboxylic acids is 1. The van der Waals surface area contributed by atoms with Crippen LogP contribution in [0.4, 0.5) is 0 Å². The SMILES string of the molecule is COc1ccc(CN2CCc3nnc([C@H](C)NC(=O)CCc4ccccc4)n3CC2)cc1. The van der Waals surface area contributed by atoms with Crippen LogP contribution < -0.4 is 10.1 Å². The minimum Gasteiger partial charge on any atom is -0.497 e. The molecule has 0 unspecified atom stereocenters. The zero-order chi connectivity index (χ0) is 22.3. The largest absolute Gasteiger partial charge is 0.497 e. The summed E-state index contributed by atoms with van der Waals surface area (Å²) in [4.78, 5) is 14.9. The minimum absolute atomic E-state index is 0.0356. The van der Waals surface area contributed by atoms with Crippen LogP contribution in [0.3, 0.4) is 0 Å². The molecule has 7 heteroatoms. The van der Waals surface area contributed by atoms with Crippen LogP contribution in [-0.2, 0) is 30.7 Å². The van der Waals surface area contributed by atoms with Crippen molar-refractivity contribution in [1.29, 1.82) is 0 Å². The molecule has 168 valence electrons. The maximum absolute atomic E-state index is 12.5. The molecule has 0 saturated heterocycles. The average molecular weight is 434 g/mol. The summed E-state index contributed by atoms with van der Waals surface area (Å²) in [6, 6.07) is 18.1. The van der Waals surface area contributed by atoms with Gasteiger partial charge in [0.2, 0.25) is 5.91 Å². The number of amides is 1. The van der Waals surface area contributed by atoms with Crippen LogP contribution in [0.2, 0.25) is 0 Å². The first kappa shape index (κ1) is 22.0. The molecule has 1 aliphatic rings. The van der Waals surface area contributed by atoms with E-state index in [0.717, 1.165) is 56.4 Å². The first-order valence-corrected chi connectivity index (χ1v) is 11.2. The number of carbonyl (C=O) groups is 1. The Kier molecular flexibility index (Phi) is 7.17. The molecule has 0 fully saturated rings.